The van der Waals surface area contributed by atoms with Gasteiger partial charge in [-0.2, -0.15) is 0 Å². The smallest absolute Gasteiger partial charge is 0.208 e. The zero-order valence-electron chi connectivity index (χ0n) is 8.28. The number of hydrogen-bond donors (Lipinski definition) is 2. The lowest BCUT2D eigenvalue weighted by Gasteiger charge is -2.04. The summed E-state index contributed by atoms with van der Waals surface area (Å²) in [5.41, 5.74) is 2.01. The van der Waals surface area contributed by atoms with Gasteiger partial charge in [0.1, 0.15) is 0 Å². The van der Waals surface area contributed by atoms with Gasteiger partial charge in [-0.1, -0.05) is 0 Å². The zero-order valence-corrected chi connectivity index (χ0v) is 9.10. The summed E-state index contributed by atoms with van der Waals surface area (Å²) in [6.45, 7) is 2.43. The van der Waals surface area contributed by atoms with Crippen molar-refractivity contribution in [3.05, 3.63) is 23.2 Å². The Hall–Kier alpha value is -1.62. The predicted octanol–water partition coefficient (Wildman–Crippen LogP) is 1.72. The highest BCUT2D eigenvalue weighted by Gasteiger charge is 2.00. The number of carbonyl (C=O) groups excluding carboxylic acids is 1. The summed E-state index contributed by atoms with van der Waals surface area (Å²) >= 11 is 1.66. The second-order valence-corrected chi connectivity index (χ2v) is 4.33. The van der Waals surface area contributed by atoms with Gasteiger partial charge in [-0.15, -0.1) is 11.3 Å². The molecule has 0 spiro atoms. The maximum absolute atomic E-state index is 10.1. The highest BCUT2D eigenvalue weighted by atomic mass is 32.1. The first-order valence-corrected chi connectivity index (χ1v) is 5.39. The van der Waals surface area contributed by atoms with E-state index in [2.05, 4.69) is 15.6 Å². The molecule has 5 heteroatoms. The Morgan fingerprint density at radius 1 is 1.53 bits per heavy atom. The van der Waals surface area contributed by atoms with E-state index in [1.165, 1.54) is 0 Å². The molecule has 0 radical (unpaired) electrons. The van der Waals surface area contributed by atoms with E-state index in [0.717, 1.165) is 20.9 Å². The summed E-state index contributed by atoms with van der Waals surface area (Å²) in [7, 11) is 0. The van der Waals surface area contributed by atoms with E-state index in [4.69, 9.17) is 0 Å². The van der Waals surface area contributed by atoms with Gasteiger partial charge in [0, 0.05) is 5.69 Å². The first-order valence-electron chi connectivity index (χ1n) is 4.57. The number of nitrogens with zero attached hydrogens (tertiary/aromatic N) is 1. The highest BCUT2D eigenvalue weighted by molar-refractivity contribution is 7.18. The maximum Gasteiger partial charge on any atom is 0.208 e. The Bertz CT molecular complexity index is 480. The van der Waals surface area contributed by atoms with Crippen LogP contribution >= 0.6 is 11.3 Å². The summed E-state index contributed by atoms with van der Waals surface area (Å²) in [4.78, 5) is 14.4. The van der Waals surface area contributed by atoms with Gasteiger partial charge in [0.05, 0.1) is 21.9 Å². The van der Waals surface area contributed by atoms with Crippen molar-refractivity contribution in [2.75, 3.05) is 12.0 Å². The number of carbonyl (C=O) groups is 1. The first kappa shape index (κ1) is 9.92. The molecule has 0 saturated carbocycles. The Kier molecular flexibility index (Phi) is 2.82. The van der Waals surface area contributed by atoms with E-state index < -0.39 is 0 Å². The fraction of sp³-hybridized carbons (Fsp3) is 0.200. The summed E-state index contributed by atoms with van der Waals surface area (Å²) in [6.07, 6.45) is 0.669. The van der Waals surface area contributed by atoms with Crippen molar-refractivity contribution >= 4 is 33.7 Å². The van der Waals surface area contributed by atoms with E-state index in [0.29, 0.717) is 13.1 Å². The van der Waals surface area contributed by atoms with Crippen molar-refractivity contribution in [3.8, 4) is 0 Å². The Morgan fingerprint density at radius 3 is 3.20 bits per heavy atom. The van der Waals surface area contributed by atoms with Crippen molar-refractivity contribution in [1.82, 2.24) is 10.3 Å². The molecule has 0 aliphatic heterocycles. The van der Waals surface area contributed by atoms with Gasteiger partial charge in [0.25, 0.3) is 0 Å². The minimum atomic E-state index is 0.437. The molecule has 78 valence electrons. The van der Waals surface area contributed by atoms with Crippen LogP contribution in [0.15, 0.2) is 18.2 Å². The molecule has 4 nitrogen and oxygen atoms in total. The number of hydrogen-bond acceptors (Lipinski definition) is 4. The quantitative estimate of drug-likeness (QED) is 0.469. The normalized spacial score (nSPS) is 10.2. The van der Waals surface area contributed by atoms with Crippen molar-refractivity contribution in [2.24, 2.45) is 0 Å². The average Bonchev–Trinajstić information content (AvgIpc) is 2.57. The fourth-order valence-corrected chi connectivity index (χ4v) is 2.21. The van der Waals surface area contributed by atoms with Gasteiger partial charge in [-0.25, -0.2) is 4.98 Å². The molecular formula is C10H11N3OS. The maximum atomic E-state index is 10.1. The van der Waals surface area contributed by atoms with Gasteiger partial charge < -0.3 is 10.6 Å². The molecule has 1 aromatic heterocycles. The van der Waals surface area contributed by atoms with Crippen LogP contribution in [-0.2, 0) is 4.79 Å². The van der Waals surface area contributed by atoms with E-state index >= 15 is 0 Å². The van der Waals surface area contributed by atoms with Crippen molar-refractivity contribution in [2.45, 2.75) is 6.92 Å². The second-order valence-electron chi connectivity index (χ2n) is 3.09. The number of amides is 1. The Balaban J connectivity index is 2.18. The van der Waals surface area contributed by atoms with Gasteiger partial charge in [-0.3, -0.25) is 4.79 Å². The highest BCUT2D eigenvalue weighted by Crippen LogP contribution is 2.24. The average molecular weight is 221 g/mol. The monoisotopic (exact) mass is 221 g/mol. The van der Waals surface area contributed by atoms with Crippen LogP contribution < -0.4 is 10.6 Å². The standard InChI is InChI=1S/C10H11N3OS/c1-7-13-9-3-2-8(4-10(9)15-7)12-5-11-6-14/h2-4,6,12H,5H2,1H3,(H,11,14). The number of fused-ring (bicyclic) bond motifs is 1. The predicted molar refractivity (Wildman–Crippen MR) is 62.0 cm³/mol. The Labute approximate surface area is 91.3 Å². The lowest BCUT2D eigenvalue weighted by Crippen LogP contribution is -2.19. The molecule has 0 aliphatic carbocycles. The summed E-state index contributed by atoms with van der Waals surface area (Å²) in [5.74, 6) is 0. The lowest BCUT2D eigenvalue weighted by atomic mass is 10.3. The largest absolute Gasteiger partial charge is 0.368 e. The Morgan fingerprint density at radius 2 is 2.40 bits per heavy atom. The van der Waals surface area contributed by atoms with Crippen molar-refractivity contribution < 1.29 is 4.79 Å². The number of thiazole rings is 1. The molecule has 0 fully saturated rings. The van der Waals surface area contributed by atoms with Gasteiger partial charge >= 0.3 is 0 Å². The van der Waals surface area contributed by atoms with E-state index in [1.807, 2.05) is 25.1 Å². The molecule has 0 unspecified atom stereocenters. The van der Waals surface area contributed by atoms with Crippen molar-refractivity contribution in [3.63, 3.8) is 0 Å². The van der Waals surface area contributed by atoms with E-state index in [9.17, 15) is 4.79 Å². The third-order valence-electron chi connectivity index (χ3n) is 1.97. The van der Waals surface area contributed by atoms with Crippen LogP contribution in [0.1, 0.15) is 5.01 Å². The second kappa shape index (κ2) is 4.27. The van der Waals surface area contributed by atoms with Crippen LogP contribution in [0.5, 0.6) is 0 Å². The SMILES string of the molecule is Cc1nc2ccc(NCNC=O)cc2s1. The first-order chi connectivity index (χ1) is 7.29. The molecule has 1 heterocycles. The molecule has 0 atom stereocenters. The molecule has 1 amide bonds. The lowest BCUT2D eigenvalue weighted by molar-refractivity contribution is -0.109. The number of rotatable bonds is 4. The van der Waals surface area contributed by atoms with Crippen LogP contribution in [0, 0.1) is 6.92 Å². The molecule has 0 bridgehead atoms. The number of aryl methyl sites for hydroxylation is 1. The minimum Gasteiger partial charge on any atom is -0.368 e. The van der Waals surface area contributed by atoms with Crippen LogP contribution in [0.3, 0.4) is 0 Å². The molecular weight excluding hydrogens is 210 g/mol. The third kappa shape index (κ3) is 2.24. The van der Waals surface area contributed by atoms with E-state index in [1.54, 1.807) is 11.3 Å². The number of nitrogens with one attached hydrogen (secondary N) is 2. The molecule has 2 N–H and O–H groups in total. The minimum absolute atomic E-state index is 0.437. The molecule has 15 heavy (non-hydrogen) atoms. The molecule has 0 saturated heterocycles. The summed E-state index contributed by atoms with van der Waals surface area (Å²) < 4.78 is 1.16. The zero-order chi connectivity index (χ0) is 10.7. The third-order valence-corrected chi connectivity index (χ3v) is 2.91. The molecule has 2 aromatic rings. The van der Waals surface area contributed by atoms with Crippen LogP contribution in [-0.4, -0.2) is 18.1 Å². The summed E-state index contributed by atoms with van der Waals surface area (Å²) in [6, 6.07) is 5.96. The van der Waals surface area contributed by atoms with Gasteiger partial charge in [0.15, 0.2) is 0 Å². The van der Waals surface area contributed by atoms with Gasteiger partial charge in [0.2, 0.25) is 6.41 Å². The number of aromatic nitrogens is 1. The fourth-order valence-electron chi connectivity index (χ4n) is 1.34. The van der Waals surface area contributed by atoms with Crippen molar-refractivity contribution in [1.29, 1.82) is 0 Å². The van der Waals surface area contributed by atoms with E-state index in [-0.39, 0.29) is 0 Å². The van der Waals surface area contributed by atoms with Gasteiger partial charge in [-0.05, 0) is 25.1 Å². The topological polar surface area (TPSA) is 54.0 Å². The number of benzene rings is 1. The van der Waals surface area contributed by atoms with Crippen LogP contribution in [0.4, 0.5) is 5.69 Å². The summed E-state index contributed by atoms with van der Waals surface area (Å²) in [5, 5.41) is 6.69. The molecule has 0 aliphatic rings. The molecule has 1 aromatic carbocycles. The number of anilines is 1. The molecule has 2 rings (SSSR count). The van der Waals surface area contributed by atoms with Crippen LogP contribution in [0.25, 0.3) is 10.2 Å². The van der Waals surface area contributed by atoms with Crippen LogP contribution in [0.2, 0.25) is 0 Å².